The van der Waals surface area contributed by atoms with Crippen LogP contribution < -0.4 is 0 Å². The van der Waals surface area contributed by atoms with E-state index in [1.165, 1.54) is 24.6 Å². The molecule has 1 heteroatoms. The Kier molecular flexibility index (Phi) is 6.14. The van der Waals surface area contributed by atoms with Gasteiger partial charge in [0.15, 0.2) is 0 Å². The summed E-state index contributed by atoms with van der Waals surface area (Å²) in [4.78, 5) is 0. The maximum atomic E-state index is 2.43. The van der Waals surface area contributed by atoms with Crippen LogP contribution in [0.5, 0.6) is 0 Å². The van der Waals surface area contributed by atoms with Crippen LogP contribution in [0.2, 0.25) is 18.1 Å². The van der Waals surface area contributed by atoms with Gasteiger partial charge in [0.2, 0.25) is 0 Å². The zero-order chi connectivity index (χ0) is 13.6. The molecule has 0 nitrogen and oxygen atoms in total. The highest BCUT2D eigenvalue weighted by molar-refractivity contribution is 6.81. The van der Waals surface area contributed by atoms with E-state index in [1.807, 2.05) is 0 Å². The van der Waals surface area contributed by atoms with Crippen LogP contribution in [0, 0.1) is 5.92 Å². The molecule has 1 unspecified atom stereocenters. The highest BCUT2D eigenvalue weighted by atomic mass is 28.3. The van der Waals surface area contributed by atoms with E-state index in [0.29, 0.717) is 0 Å². The smallest absolute Gasteiger partial charge is 0.0604 e. The molecule has 0 amide bonds. The molecule has 0 fully saturated rings. The van der Waals surface area contributed by atoms with E-state index in [1.54, 1.807) is 5.56 Å². The van der Waals surface area contributed by atoms with Crippen LogP contribution >= 0.6 is 0 Å². The summed E-state index contributed by atoms with van der Waals surface area (Å²) in [5, 5.41) is 0. The maximum absolute atomic E-state index is 2.43. The SMILES string of the molecule is CC[Si](CC)(CC)C(CC(C)C)c1ccccc1. The molecule has 0 saturated carbocycles. The van der Waals surface area contributed by atoms with Crippen molar-refractivity contribution in [3.05, 3.63) is 35.9 Å². The van der Waals surface area contributed by atoms with Gasteiger partial charge in [-0.15, -0.1) is 0 Å². The van der Waals surface area contributed by atoms with E-state index in [9.17, 15) is 0 Å². The molecule has 0 N–H and O–H groups in total. The third kappa shape index (κ3) is 3.47. The minimum atomic E-state index is -1.15. The molecule has 0 spiro atoms. The molecule has 0 aliphatic carbocycles. The third-order valence-corrected chi connectivity index (χ3v) is 11.0. The Morgan fingerprint density at radius 2 is 1.39 bits per heavy atom. The average Bonchev–Trinajstić information content (AvgIpc) is 2.40. The fraction of sp³-hybridized carbons (Fsp3) is 0.647. The molecular weight excluding hydrogens is 232 g/mol. The zero-order valence-electron chi connectivity index (χ0n) is 12.9. The van der Waals surface area contributed by atoms with Gasteiger partial charge < -0.3 is 0 Å². The van der Waals surface area contributed by atoms with E-state index >= 15 is 0 Å². The van der Waals surface area contributed by atoms with Gasteiger partial charge in [0.1, 0.15) is 0 Å². The highest BCUT2D eigenvalue weighted by Gasteiger charge is 2.37. The van der Waals surface area contributed by atoms with Gasteiger partial charge >= 0.3 is 0 Å². The van der Waals surface area contributed by atoms with Crippen molar-refractivity contribution in [2.75, 3.05) is 0 Å². The molecule has 0 saturated heterocycles. The van der Waals surface area contributed by atoms with E-state index < -0.39 is 8.07 Å². The van der Waals surface area contributed by atoms with Crippen molar-refractivity contribution in [1.29, 1.82) is 0 Å². The standard InChI is InChI=1S/C17H30Si/c1-6-18(7-2,8-3)17(14-15(4)5)16-12-10-9-11-13-16/h9-13,15,17H,6-8,14H2,1-5H3. The predicted molar refractivity (Wildman–Crippen MR) is 85.8 cm³/mol. The monoisotopic (exact) mass is 262 g/mol. The van der Waals surface area contributed by atoms with E-state index in [2.05, 4.69) is 65.0 Å². The van der Waals surface area contributed by atoms with Crippen molar-refractivity contribution < 1.29 is 0 Å². The van der Waals surface area contributed by atoms with Gasteiger partial charge in [-0.1, -0.05) is 83.1 Å². The molecule has 0 aliphatic heterocycles. The highest BCUT2D eigenvalue weighted by Crippen LogP contribution is 2.40. The largest absolute Gasteiger partial charge is 0.0677 e. The Labute approximate surface area is 115 Å². The number of rotatable bonds is 7. The van der Waals surface area contributed by atoms with Crippen LogP contribution in [0.25, 0.3) is 0 Å². The molecule has 18 heavy (non-hydrogen) atoms. The lowest BCUT2D eigenvalue weighted by Gasteiger charge is -2.38. The Hall–Kier alpha value is -0.563. The quantitative estimate of drug-likeness (QED) is 0.540. The van der Waals surface area contributed by atoms with Crippen molar-refractivity contribution in [2.45, 2.75) is 64.7 Å². The summed E-state index contributed by atoms with van der Waals surface area (Å²) in [6.45, 7) is 12.0. The molecule has 0 heterocycles. The van der Waals surface area contributed by atoms with Crippen LogP contribution in [0.15, 0.2) is 30.3 Å². The van der Waals surface area contributed by atoms with Crippen LogP contribution in [0.4, 0.5) is 0 Å². The van der Waals surface area contributed by atoms with Gasteiger partial charge in [-0.25, -0.2) is 0 Å². The lowest BCUT2D eigenvalue weighted by molar-refractivity contribution is 0.559. The van der Waals surface area contributed by atoms with Gasteiger partial charge in [0.05, 0.1) is 8.07 Å². The summed E-state index contributed by atoms with van der Waals surface area (Å²) in [7, 11) is -1.15. The van der Waals surface area contributed by atoms with Gasteiger partial charge in [-0.05, 0) is 23.4 Å². The van der Waals surface area contributed by atoms with Gasteiger partial charge in [-0.2, -0.15) is 0 Å². The second-order valence-electron chi connectivity index (χ2n) is 6.02. The summed E-state index contributed by atoms with van der Waals surface area (Å²) in [6, 6.07) is 15.5. The average molecular weight is 263 g/mol. The summed E-state index contributed by atoms with van der Waals surface area (Å²) in [5.74, 6) is 0.798. The topological polar surface area (TPSA) is 0 Å². The van der Waals surface area contributed by atoms with Gasteiger partial charge in [0, 0.05) is 0 Å². The van der Waals surface area contributed by atoms with Crippen molar-refractivity contribution in [3.8, 4) is 0 Å². The third-order valence-electron chi connectivity index (χ3n) is 4.76. The van der Waals surface area contributed by atoms with E-state index in [0.717, 1.165) is 11.5 Å². The minimum absolute atomic E-state index is 0.798. The first kappa shape index (κ1) is 15.5. The lowest BCUT2D eigenvalue weighted by atomic mass is 10.0. The van der Waals surface area contributed by atoms with Crippen LogP contribution in [-0.2, 0) is 0 Å². The Morgan fingerprint density at radius 1 is 0.889 bits per heavy atom. The van der Waals surface area contributed by atoms with Crippen LogP contribution in [-0.4, -0.2) is 8.07 Å². The van der Waals surface area contributed by atoms with E-state index in [-0.39, 0.29) is 0 Å². The summed E-state index contributed by atoms with van der Waals surface area (Å²) < 4.78 is 0. The summed E-state index contributed by atoms with van der Waals surface area (Å²) >= 11 is 0. The fourth-order valence-electron chi connectivity index (χ4n) is 3.39. The Balaban J connectivity index is 3.11. The molecule has 1 aromatic carbocycles. The molecule has 0 radical (unpaired) electrons. The fourth-order valence-corrected chi connectivity index (χ4v) is 8.23. The lowest BCUT2D eigenvalue weighted by Crippen LogP contribution is -2.40. The normalized spacial score (nSPS) is 13.9. The molecule has 0 bridgehead atoms. The maximum Gasteiger partial charge on any atom is 0.0604 e. The van der Waals surface area contributed by atoms with Crippen molar-refractivity contribution in [2.24, 2.45) is 5.92 Å². The molecule has 0 aromatic heterocycles. The molecule has 102 valence electrons. The van der Waals surface area contributed by atoms with Crippen molar-refractivity contribution in [3.63, 3.8) is 0 Å². The minimum Gasteiger partial charge on any atom is -0.0677 e. The first-order valence-corrected chi connectivity index (χ1v) is 10.3. The first-order valence-electron chi connectivity index (χ1n) is 7.64. The Bertz CT molecular complexity index is 316. The summed E-state index contributed by atoms with van der Waals surface area (Å²) in [6.07, 6.45) is 1.37. The molecule has 1 rings (SSSR count). The molecule has 1 atom stereocenters. The van der Waals surface area contributed by atoms with E-state index in [4.69, 9.17) is 0 Å². The first-order chi connectivity index (χ1) is 8.59. The van der Waals surface area contributed by atoms with Crippen LogP contribution in [0.1, 0.15) is 52.1 Å². The van der Waals surface area contributed by atoms with Crippen LogP contribution in [0.3, 0.4) is 0 Å². The summed E-state index contributed by atoms with van der Waals surface area (Å²) in [5.41, 5.74) is 2.45. The number of hydrogen-bond donors (Lipinski definition) is 0. The predicted octanol–water partition coefficient (Wildman–Crippen LogP) is 5.86. The molecule has 1 aromatic rings. The second-order valence-corrected chi connectivity index (χ2v) is 11.6. The Morgan fingerprint density at radius 3 is 1.78 bits per heavy atom. The zero-order valence-corrected chi connectivity index (χ0v) is 13.9. The van der Waals surface area contributed by atoms with Gasteiger partial charge in [0.25, 0.3) is 0 Å². The number of hydrogen-bond acceptors (Lipinski definition) is 0. The number of benzene rings is 1. The second kappa shape index (κ2) is 7.13. The van der Waals surface area contributed by atoms with Crippen molar-refractivity contribution in [1.82, 2.24) is 0 Å². The van der Waals surface area contributed by atoms with Gasteiger partial charge in [-0.3, -0.25) is 0 Å². The van der Waals surface area contributed by atoms with Crippen molar-refractivity contribution >= 4 is 8.07 Å². The molecule has 0 aliphatic rings. The molecular formula is C17H30Si.